The Morgan fingerprint density at radius 1 is 1.26 bits per heavy atom. The van der Waals surface area contributed by atoms with Crippen LogP contribution in [0.25, 0.3) is 0 Å². The van der Waals surface area contributed by atoms with Crippen molar-refractivity contribution >= 4 is 34.9 Å². The second-order valence-electron chi connectivity index (χ2n) is 10.5. The van der Waals surface area contributed by atoms with Crippen LogP contribution in [0.4, 0.5) is 22.0 Å². The Hall–Kier alpha value is -2.44. The number of unbranched alkanes of at least 4 members (excludes halogenated alkanes) is 3. The first-order chi connectivity index (χ1) is 18.7. The molecule has 3 rings (SSSR count). The highest BCUT2D eigenvalue weighted by Crippen LogP contribution is 2.30. The summed E-state index contributed by atoms with van der Waals surface area (Å²) in [5, 5.41) is 9.91. The highest BCUT2D eigenvalue weighted by Gasteiger charge is 2.30. The Kier molecular flexibility index (Phi) is 12.3. The molecule has 0 aromatic carbocycles. The number of H-pyrrole nitrogens is 1. The molecule has 2 aromatic rings. The second kappa shape index (κ2) is 15.4. The number of esters is 1. The van der Waals surface area contributed by atoms with Gasteiger partial charge < -0.3 is 19.5 Å². The van der Waals surface area contributed by atoms with Gasteiger partial charge in [0.25, 0.3) is 0 Å². The molecule has 0 amide bonds. The number of aryl methyl sites for hydroxylation is 1. The first-order valence-corrected chi connectivity index (χ1v) is 15.4. The van der Waals surface area contributed by atoms with Crippen molar-refractivity contribution in [3.05, 3.63) is 23.3 Å². The highest BCUT2D eigenvalue weighted by molar-refractivity contribution is 7.89. The summed E-state index contributed by atoms with van der Waals surface area (Å²) in [6, 6.07) is 1.90. The first-order valence-electron chi connectivity index (χ1n) is 14.1. The number of nitrogens with zero attached hydrogens (tertiary/aromatic N) is 4. The smallest absolute Gasteiger partial charge is 0.306 e. The van der Waals surface area contributed by atoms with E-state index < -0.39 is 17.2 Å². The van der Waals surface area contributed by atoms with Crippen LogP contribution in [0.2, 0.25) is 0 Å². The van der Waals surface area contributed by atoms with Crippen molar-refractivity contribution in [3.8, 4) is 0 Å². The van der Waals surface area contributed by atoms with Gasteiger partial charge in [-0.15, -0.1) is 4.72 Å². The average Bonchev–Trinajstić information content (AvgIpc) is 3.23. The number of halogens is 1. The molecule has 2 aromatic heterocycles. The van der Waals surface area contributed by atoms with Crippen LogP contribution in [0, 0.1) is 18.7 Å². The Morgan fingerprint density at radius 3 is 2.74 bits per heavy atom. The van der Waals surface area contributed by atoms with Crippen molar-refractivity contribution in [2.75, 3.05) is 23.0 Å². The molecule has 1 aliphatic rings. The third-order valence-electron chi connectivity index (χ3n) is 7.13. The number of carbonyl (C=O) groups excluding carboxylic acids is 1. The van der Waals surface area contributed by atoms with Gasteiger partial charge in [-0.25, -0.2) is 9.37 Å². The van der Waals surface area contributed by atoms with E-state index in [1.54, 1.807) is 6.07 Å². The summed E-state index contributed by atoms with van der Waals surface area (Å²) < 4.78 is 36.4. The molecule has 0 saturated heterocycles. The molecular formula is C27H44FN7O3S. The van der Waals surface area contributed by atoms with E-state index in [9.17, 15) is 9.35 Å². The number of carbonyl (C=O) groups is 1. The van der Waals surface area contributed by atoms with E-state index in [1.165, 1.54) is 0 Å². The van der Waals surface area contributed by atoms with Crippen LogP contribution in [-0.2, 0) is 27.5 Å². The molecule has 1 fully saturated rings. The molecule has 39 heavy (non-hydrogen) atoms. The van der Waals surface area contributed by atoms with Crippen LogP contribution in [0.15, 0.2) is 6.07 Å². The molecule has 218 valence electrons. The van der Waals surface area contributed by atoms with Crippen molar-refractivity contribution < 1.29 is 18.5 Å². The fourth-order valence-corrected chi connectivity index (χ4v) is 5.56. The molecule has 1 saturated carbocycles. The Morgan fingerprint density at radius 2 is 2.05 bits per heavy atom. The summed E-state index contributed by atoms with van der Waals surface area (Å²) in [7, 11) is 1.90. The van der Waals surface area contributed by atoms with Gasteiger partial charge in [-0.3, -0.25) is 9.89 Å². The molecule has 12 heteroatoms. The molecule has 10 nitrogen and oxygen atoms in total. The molecule has 0 radical (unpaired) electrons. The first kappa shape index (κ1) is 31.1. The fourth-order valence-electron chi connectivity index (χ4n) is 4.80. The molecule has 0 spiro atoms. The normalized spacial score (nSPS) is 20.3. The summed E-state index contributed by atoms with van der Waals surface area (Å²) in [6.07, 6.45) is 7.77. The number of aromatic nitrogens is 4. The van der Waals surface area contributed by atoms with E-state index in [1.807, 2.05) is 25.8 Å². The number of aromatic amines is 1. The molecule has 0 aliphatic heterocycles. The third kappa shape index (κ3) is 9.61. The number of rotatable bonds is 14. The van der Waals surface area contributed by atoms with E-state index in [2.05, 4.69) is 44.1 Å². The standard InChI is InChI=1S/C27H44FN7O3S/c1-6-8-9-10-11-24(36)38-17-22-25(28)26(30-23-15-19(4)32-33-23)31-27(29-22)35(5)21-14-18(3)12-13-20(16-21)34-39(37)7-2/h15,18,20-21,34H,6-14,16-17H2,1-5H3,(H2,29,30,31,32,33). The minimum Gasteiger partial charge on any atom is -0.598 e. The van der Waals surface area contributed by atoms with Gasteiger partial charge in [-0.1, -0.05) is 33.1 Å². The van der Waals surface area contributed by atoms with Crippen molar-refractivity contribution in [1.29, 1.82) is 0 Å². The third-order valence-corrected chi connectivity index (χ3v) is 8.25. The molecule has 4 atom stereocenters. The summed E-state index contributed by atoms with van der Waals surface area (Å²) >= 11 is -1.08. The summed E-state index contributed by atoms with van der Waals surface area (Å²) in [5.74, 6) is 0.677. The van der Waals surface area contributed by atoms with Crippen LogP contribution in [-0.4, -0.2) is 55.6 Å². The molecule has 1 aliphatic carbocycles. The summed E-state index contributed by atoms with van der Waals surface area (Å²) in [6.45, 7) is 7.79. The minimum atomic E-state index is -1.08. The maximum absolute atomic E-state index is 15.5. The van der Waals surface area contributed by atoms with Gasteiger partial charge in [0.2, 0.25) is 5.95 Å². The zero-order valence-electron chi connectivity index (χ0n) is 23.9. The SMILES string of the molecule is CCCCCCC(=O)OCc1nc(N(C)C2CC(C)CCC(N[S+]([O-])CC)C2)nc(Nc2cc(C)[nH]n2)c1F. The summed E-state index contributed by atoms with van der Waals surface area (Å²) in [5.41, 5.74) is 0.823. The second-order valence-corrected chi connectivity index (χ2v) is 12.0. The van der Waals surface area contributed by atoms with Gasteiger partial charge in [0, 0.05) is 42.6 Å². The maximum Gasteiger partial charge on any atom is 0.306 e. The lowest BCUT2D eigenvalue weighted by atomic mass is 10.00. The van der Waals surface area contributed by atoms with Gasteiger partial charge in [-0.05, 0) is 51.9 Å². The summed E-state index contributed by atoms with van der Waals surface area (Å²) in [4.78, 5) is 23.3. The maximum atomic E-state index is 15.5. The van der Waals surface area contributed by atoms with Gasteiger partial charge in [-0.2, -0.15) is 10.1 Å². The van der Waals surface area contributed by atoms with Crippen molar-refractivity contribution in [1.82, 2.24) is 24.9 Å². The lowest BCUT2D eigenvalue weighted by molar-refractivity contribution is -0.145. The van der Waals surface area contributed by atoms with E-state index in [0.717, 1.165) is 57.1 Å². The van der Waals surface area contributed by atoms with Gasteiger partial charge in [0.05, 0.1) is 6.04 Å². The topological polar surface area (TPSA) is 131 Å². The zero-order valence-corrected chi connectivity index (χ0v) is 24.7. The average molecular weight is 566 g/mol. The number of ether oxygens (including phenoxy) is 1. The largest absolute Gasteiger partial charge is 0.598 e. The monoisotopic (exact) mass is 565 g/mol. The number of anilines is 3. The molecular weight excluding hydrogens is 521 g/mol. The number of hydrogen-bond donors (Lipinski definition) is 3. The minimum absolute atomic E-state index is 0.00643. The Bertz CT molecular complexity index is 1060. The zero-order chi connectivity index (χ0) is 28.4. The van der Waals surface area contributed by atoms with Crippen LogP contribution >= 0.6 is 0 Å². The predicted octanol–water partition coefficient (Wildman–Crippen LogP) is 5.06. The van der Waals surface area contributed by atoms with E-state index in [0.29, 0.717) is 29.9 Å². The van der Waals surface area contributed by atoms with Gasteiger partial charge in [0.1, 0.15) is 18.1 Å². The lowest BCUT2D eigenvalue weighted by Crippen LogP contribution is -2.42. The van der Waals surface area contributed by atoms with Gasteiger partial charge >= 0.3 is 5.97 Å². The molecule has 2 heterocycles. The Labute approximate surface area is 234 Å². The van der Waals surface area contributed by atoms with E-state index >= 15 is 4.39 Å². The quantitative estimate of drug-likeness (QED) is 0.124. The predicted molar refractivity (Wildman–Crippen MR) is 153 cm³/mol. The van der Waals surface area contributed by atoms with E-state index in [4.69, 9.17) is 4.74 Å². The highest BCUT2D eigenvalue weighted by atomic mass is 32.2. The molecule has 4 unspecified atom stereocenters. The van der Waals surface area contributed by atoms with Crippen LogP contribution in [0.5, 0.6) is 0 Å². The van der Waals surface area contributed by atoms with E-state index in [-0.39, 0.29) is 36.2 Å². The van der Waals surface area contributed by atoms with Crippen molar-refractivity contribution in [2.45, 2.75) is 104 Å². The van der Waals surface area contributed by atoms with Crippen LogP contribution in [0.1, 0.15) is 89.9 Å². The molecule has 0 bridgehead atoms. The van der Waals surface area contributed by atoms with Crippen molar-refractivity contribution in [3.63, 3.8) is 0 Å². The number of hydrogen-bond acceptors (Lipinski definition) is 9. The van der Waals surface area contributed by atoms with Gasteiger partial charge in [0.15, 0.2) is 17.5 Å². The number of nitrogens with one attached hydrogen (secondary N) is 3. The van der Waals surface area contributed by atoms with Crippen LogP contribution < -0.4 is 14.9 Å². The molecule has 3 N–H and O–H groups in total. The lowest BCUT2D eigenvalue weighted by Gasteiger charge is -2.31. The Balaban J connectivity index is 1.83. The van der Waals surface area contributed by atoms with Crippen LogP contribution in [0.3, 0.4) is 0 Å². The van der Waals surface area contributed by atoms with Crippen molar-refractivity contribution in [2.24, 2.45) is 5.92 Å². The fraction of sp³-hybridized carbons (Fsp3) is 0.704.